The van der Waals surface area contributed by atoms with Gasteiger partial charge in [-0.1, -0.05) is 146 Å². The van der Waals surface area contributed by atoms with E-state index in [1.807, 2.05) is 12.1 Å². The van der Waals surface area contributed by atoms with Gasteiger partial charge in [0.2, 0.25) is 0 Å². The SMILES string of the molecule is c1ccc2c(-c3ccc(N(c4ccc(-c5ccc6c(ccc7c8ccccc8ccc67)c5)cc4)c4ccc5oc6ccccc6c5c4)cc3)cccc2c1. The second-order valence-electron chi connectivity index (χ2n) is 14.1. The largest absolute Gasteiger partial charge is 0.456 e. The van der Waals surface area contributed by atoms with Crippen LogP contribution in [0.4, 0.5) is 17.1 Å². The molecule has 252 valence electrons. The molecular formula is C52H33NO. The first-order valence-corrected chi connectivity index (χ1v) is 18.5. The van der Waals surface area contributed by atoms with E-state index in [9.17, 15) is 0 Å². The molecule has 0 spiro atoms. The Hall–Kier alpha value is -7.16. The Morgan fingerprint density at radius 2 is 0.815 bits per heavy atom. The zero-order chi connectivity index (χ0) is 35.6. The number of fused-ring (bicyclic) bond motifs is 9. The molecule has 2 heteroatoms. The summed E-state index contributed by atoms with van der Waals surface area (Å²) in [4.78, 5) is 2.34. The highest BCUT2D eigenvalue weighted by Gasteiger charge is 2.17. The summed E-state index contributed by atoms with van der Waals surface area (Å²) in [7, 11) is 0. The highest BCUT2D eigenvalue weighted by Crippen LogP contribution is 2.41. The molecule has 0 aliphatic rings. The van der Waals surface area contributed by atoms with Crippen LogP contribution < -0.4 is 4.90 Å². The maximum absolute atomic E-state index is 6.22. The summed E-state index contributed by atoms with van der Waals surface area (Å²) >= 11 is 0. The van der Waals surface area contributed by atoms with Crippen molar-refractivity contribution in [2.24, 2.45) is 0 Å². The molecule has 0 unspecified atom stereocenters. The predicted octanol–water partition coefficient (Wildman–Crippen LogP) is 15.0. The molecular weight excluding hydrogens is 655 g/mol. The molecule has 0 bridgehead atoms. The van der Waals surface area contributed by atoms with Gasteiger partial charge in [-0.2, -0.15) is 0 Å². The van der Waals surface area contributed by atoms with Crippen molar-refractivity contribution in [3.63, 3.8) is 0 Å². The van der Waals surface area contributed by atoms with Crippen LogP contribution in [-0.4, -0.2) is 0 Å². The summed E-state index contributed by atoms with van der Waals surface area (Å²) in [5.41, 5.74) is 9.85. The van der Waals surface area contributed by atoms with Gasteiger partial charge in [0.05, 0.1) is 0 Å². The number of rotatable bonds is 5. The Morgan fingerprint density at radius 1 is 0.278 bits per heavy atom. The molecule has 11 rings (SSSR count). The van der Waals surface area contributed by atoms with E-state index in [1.165, 1.54) is 65.3 Å². The van der Waals surface area contributed by atoms with Gasteiger partial charge in [-0.15, -0.1) is 0 Å². The average Bonchev–Trinajstić information content (AvgIpc) is 3.62. The molecule has 11 aromatic rings. The zero-order valence-electron chi connectivity index (χ0n) is 29.4. The van der Waals surface area contributed by atoms with E-state index in [-0.39, 0.29) is 0 Å². The van der Waals surface area contributed by atoms with Gasteiger partial charge in [-0.25, -0.2) is 0 Å². The number of nitrogens with zero attached hydrogens (tertiary/aromatic N) is 1. The number of hydrogen-bond acceptors (Lipinski definition) is 2. The van der Waals surface area contributed by atoms with E-state index < -0.39 is 0 Å². The van der Waals surface area contributed by atoms with E-state index >= 15 is 0 Å². The Morgan fingerprint density at radius 3 is 1.59 bits per heavy atom. The van der Waals surface area contributed by atoms with Crippen molar-refractivity contribution in [3.8, 4) is 22.3 Å². The minimum Gasteiger partial charge on any atom is -0.456 e. The van der Waals surface area contributed by atoms with Crippen LogP contribution in [0.1, 0.15) is 0 Å². The van der Waals surface area contributed by atoms with Gasteiger partial charge in [-0.3, -0.25) is 0 Å². The minimum absolute atomic E-state index is 0.888. The topological polar surface area (TPSA) is 16.4 Å². The molecule has 0 radical (unpaired) electrons. The smallest absolute Gasteiger partial charge is 0.135 e. The lowest BCUT2D eigenvalue weighted by Crippen LogP contribution is -2.09. The van der Waals surface area contributed by atoms with E-state index in [0.29, 0.717) is 0 Å². The summed E-state index contributed by atoms with van der Waals surface area (Å²) in [6.07, 6.45) is 0. The van der Waals surface area contributed by atoms with Crippen molar-refractivity contribution in [2.75, 3.05) is 4.90 Å². The fourth-order valence-electron chi connectivity index (χ4n) is 8.38. The van der Waals surface area contributed by atoms with Crippen LogP contribution in [0.3, 0.4) is 0 Å². The fourth-order valence-corrected chi connectivity index (χ4v) is 8.38. The molecule has 0 aliphatic heterocycles. The van der Waals surface area contributed by atoms with Crippen LogP contribution in [0.25, 0.3) is 87.3 Å². The van der Waals surface area contributed by atoms with Gasteiger partial charge in [0.1, 0.15) is 11.2 Å². The van der Waals surface area contributed by atoms with E-state index in [2.05, 4.69) is 193 Å². The number of para-hydroxylation sites is 1. The highest BCUT2D eigenvalue weighted by atomic mass is 16.3. The lowest BCUT2D eigenvalue weighted by Gasteiger charge is -2.26. The van der Waals surface area contributed by atoms with Crippen molar-refractivity contribution >= 4 is 82.1 Å². The van der Waals surface area contributed by atoms with Crippen molar-refractivity contribution < 1.29 is 4.42 Å². The molecule has 0 saturated heterocycles. The van der Waals surface area contributed by atoms with Crippen LogP contribution in [0, 0.1) is 0 Å². The Bertz CT molecular complexity index is 3200. The summed E-state index contributed by atoms with van der Waals surface area (Å²) in [6, 6.07) is 72.4. The van der Waals surface area contributed by atoms with Crippen molar-refractivity contribution in [2.45, 2.75) is 0 Å². The molecule has 0 saturated carbocycles. The monoisotopic (exact) mass is 687 g/mol. The second kappa shape index (κ2) is 12.2. The van der Waals surface area contributed by atoms with Crippen LogP contribution in [0.5, 0.6) is 0 Å². The molecule has 1 aromatic heterocycles. The van der Waals surface area contributed by atoms with Gasteiger partial charge in [0.15, 0.2) is 0 Å². The van der Waals surface area contributed by atoms with Crippen molar-refractivity contribution in [1.29, 1.82) is 0 Å². The maximum atomic E-state index is 6.22. The Kier molecular flexibility index (Phi) is 6.90. The lowest BCUT2D eigenvalue weighted by atomic mass is 9.95. The van der Waals surface area contributed by atoms with E-state index in [0.717, 1.165) is 39.0 Å². The zero-order valence-corrected chi connectivity index (χ0v) is 29.4. The number of anilines is 3. The Balaban J connectivity index is 1.00. The molecule has 0 amide bonds. The highest BCUT2D eigenvalue weighted by molar-refractivity contribution is 6.17. The second-order valence-corrected chi connectivity index (χ2v) is 14.1. The third kappa shape index (κ3) is 4.96. The Labute approximate surface area is 312 Å². The van der Waals surface area contributed by atoms with E-state index in [1.54, 1.807) is 0 Å². The molecule has 0 N–H and O–H groups in total. The number of furan rings is 1. The third-order valence-electron chi connectivity index (χ3n) is 11.0. The first-order chi connectivity index (χ1) is 26.7. The number of hydrogen-bond donors (Lipinski definition) is 0. The normalized spacial score (nSPS) is 11.7. The van der Waals surface area contributed by atoms with Gasteiger partial charge < -0.3 is 9.32 Å². The fraction of sp³-hybridized carbons (Fsp3) is 0. The maximum Gasteiger partial charge on any atom is 0.135 e. The average molecular weight is 688 g/mol. The molecule has 10 aromatic carbocycles. The first kappa shape index (κ1) is 30.5. The minimum atomic E-state index is 0.888. The van der Waals surface area contributed by atoms with E-state index in [4.69, 9.17) is 4.42 Å². The summed E-state index contributed by atoms with van der Waals surface area (Å²) in [6.45, 7) is 0. The molecule has 0 atom stereocenters. The van der Waals surface area contributed by atoms with Gasteiger partial charge in [0, 0.05) is 27.8 Å². The summed E-state index contributed by atoms with van der Waals surface area (Å²) < 4.78 is 6.22. The standard InChI is InChI=1S/C52H33NO/c1-3-11-43-35(8-1)10-7-14-44(43)37-18-25-41(26-19-37)53(42-27-31-52-50(33-42)49-13-5-6-15-51(49)54-52)40-23-16-34(17-24-40)38-21-28-46-39(32-38)22-30-47-45-12-4-2-9-36(45)20-29-48(46)47/h1-33H. The van der Waals surface area contributed by atoms with Crippen LogP contribution in [0.2, 0.25) is 0 Å². The molecule has 54 heavy (non-hydrogen) atoms. The van der Waals surface area contributed by atoms with Crippen molar-refractivity contribution in [3.05, 3.63) is 200 Å². The summed E-state index contributed by atoms with van der Waals surface area (Å²) in [5.74, 6) is 0. The van der Waals surface area contributed by atoms with Crippen LogP contribution in [0.15, 0.2) is 205 Å². The van der Waals surface area contributed by atoms with Crippen LogP contribution >= 0.6 is 0 Å². The lowest BCUT2D eigenvalue weighted by molar-refractivity contribution is 0.669. The van der Waals surface area contributed by atoms with Gasteiger partial charge >= 0.3 is 0 Å². The third-order valence-corrected chi connectivity index (χ3v) is 11.0. The summed E-state index contributed by atoms with van der Waals surface area (Å²) in [5, 5.41) is 12.4. The predicted molar refractivity (Wildman–Crippen MR) is 229 cm³/mol. The quantitative estimate of drug-likeness (QED) is 0.168. The molecule has 0 fully saturated rings. The first-order valence-electron chi connectivity index (χ1n) is 18.5. The number of benzene rings is 10. The van der Waals surface area contributed by atoms with Crippen molar-refractivity contribution in [1.82, 2.24) is 0 Å². The molecule has 1 heterocycles. The molecule has 0 aliphatic carbocycles. The van der Waals surface area contributed by atoms with Gasteiger partial charge in [0.25, 0.3) is 0 Å². The van der Waals surface area contributed by atoms with Gasteiger partial charge in [-0.05, 0) is 120 Å². The molecule has 2 nitrogen and oxygen atoms in total. The van der Waals surface area contributed by atoms with Crippen LogP contribution in [-0.2, 0) is 0 Å².